The molecule has 21 heavy (non-hydrogen) atoms. The number of aromatic hydroxyl groups is 1. The predicted molar refractivity (Wildman–Crippen MR) is 78.8 cm³/mol. The van der Waals surface area contributed by atoms with Gasteiger partial charge in [-0.05, 0) is 29.0 Å². The fourth-order valence-electron chi connectivity index (χ4n) is 2.10. The van der Waals surface area contributed by atoms with E-state index in [0.29, 0.717) is 0 Å². The number of nitrogens with zero attached hydrogens (tertiary/aromatic N) is 1. The van der Waals surface area contributed by atoms with Crippen LogP contribution in [0.1, 0.15) is 0 Å². The molecule has 1 N–H and O–H groups in total. The molecule has 3 rings (SSSR count). The van der Waals surface area contributed by atoms with Crippen molar-refractivity contribution in [1.82, 2.24) is 0 Å². The van der Waals surface area contributed by atoms with Crippen LogP contribution in [0, 0.1) is 10.1 Å². The van der Waals surface area contributed by atoms with Crippen LogP contribution >= 0.6 is 0 Å². The predicted octanol–water partition coefficient (Wildman–Crippen LogP) is 4.25. The Hall–Kier alpha value is -3.08. The molecule has 0 atom stereocenters. The smallest absolute Gasteiger partial charge is 0.311 e. The first-order valence-corrected chi connectivity index (χ1v) is 6.28. The van der Waals surface area contributed by atoms with Gasteiger partial charge in [0.05, 0.1) is 4.92 Å². The van der Waals surface area contributed by atoms with Crippen LogP contribution in [0.3, 0.4) is 0 Å². The summed E-state index contributed by atoms with van der Waals surface area (Å²) in [5.74, 6) is 0.211. The van der Waals surface area contributed by atoms with Crippen LogP contribution in [0.15, 0.2) is 60.7 Å². The van der Waals surface area contributed by atoms with Crippen LogP contribution in [-0.2, 0) is 0 Å². The second kappa shape index (κ2) is 5.13. The van der Waals surface area contributed by atoms with Gasteiger partial charge < -0.3 is 9.84 Å². The molecular formula is C16H11NO4. The van der Waals surface area contributed by atoms with Crippen LogP contribution in [0.4, 0.5) is 5.69 Å². The van der Waals surface area contributed by atoms with E-state index in [9.17, 15) is 15.2 Å². The van der Waals surface area contributed by atoms with E-state index in [1.807, 2.05) is 24.3 Å². The molecule has 3 aromatic rings. The number of benzene rings is 3. The number of fused-ring (bicyclic) bond motifs is 1. The molecule has 0 aliphatic carbocycles. The highest BCUT2D eigenvalue weighted by Gasteiger charge is 2.16. The average Bonchev–Trinajstić information content (AvgIpc) is 2.48. The Morgan fingerprint density at radius 2 is 1.52 bits per heavy atom. The first kappa shape index (κ1) is 12.9. The van der Waals surface area contributed by atoms with E-state index in [-0.39, 0.29) is 22.9 Å². The third kappa shape index (κ3) is 2.49. The number of phenols is 1. The summed E-state index contributed by atoms with van der Waals surface area (Å²) in [7, 11) is 0. The monoisotopic (exact) mass is 281 g/mol. The molecule has 0 heterocycles. The lowest BCUT2D eigenvalue weighted by Crippen LogP contribution is -1.93. The molecule has 5 nitrogen and oxygen atoms in total. The van der Waals surface area contributed by atoms with E-state index in [4.69, 9.17) is 4.74 Å². The van der Waals surface area contributed by atoms with E-state index in [2.05, 4.69) is 0 Å². The van der Waals surface area contributed by atoms with Crippen LogP contribution in [0.25, 0.3) is 10.8 Å². The number of nitro groups is 1. The average molecular weight is 281 g/mol. The van der Waals surface area contributed by atoms with Crippen molar-refractivity contribution >= 4 is 16.5 Å². The van der Waals surface area contributed by atoms with Gasteiger partial charge >= 0.3 is 5.69 Å². The van der Waals surface area contributed by atoms with E-state index in [0.717, 1.165) is 10.8 Å². The van der Waals surface area contributed by atoms with Crippen molar-refractivity contribution in [3.05, 3.63) is 70.8 Å². The zero-order valence-electron chi connectivity index (χ0n) is 10.9. The summed E-state index contributed by atoms with van der Waals surface area (Å²) in [6.45, 7) is 0. The van der Waals surface area contributed by atoms with Crippen LogP contribution in [-0.4, -0.2) is 10.0 Å². The number of phenolic OH excluding ortho intramolecular Hbond substituents is 1. The van der Waals surface area contributed by atoms with Crippen LogP contribution in [0.2, 0.25) is 0 Å². The molecular weight excluding hydrogens is 270 g/mol. The van der Waals surface area contributed by atoms with Gasteiger partial charge in [-0.2, -0.15) is 0 Å². The standard InChI is InChI=1S/C16H11NO4/c18-14-9-11-5-1-2-6-12(11)10-16(14)21-15-8-4-3-7-13(15)17(19)20/h1-10,18H. The second-order valence-corrected chi connectivity index (χ2v) is 4.49. The van der Waals surface area contributed by atoms with Gasteiger partial charge in [0.25, 0.3) is 0 Å². The summed E-state index contributed by atoms with van der Waals surface area (Å²) in [5.41, 5.74) is -0.148. The number of ether oxygens (including phenoxy) is 1. The van der Waals surface area contributed by atoms with E-state index < -0.39 is 4.92 Å². The fourth-order valence-corrected chi connectivity index (χ4v) is 2.10. The Bertz CT molecular complexity index is 829. The molecule has 5 heteroatoms. The molecule has 0 radical (unpaired) electrons. The Balaban J connectivity index is 2.06. The normalized spacial score (nSPS) is 10.5. The summed E-state index contributed by atoms with van der Waals surface area (Å²) in [4.78, 5) is 10.5. The van der Waals surface area contributed by atoms with E-state index >= 15 is 0 Å². The molecule has 3 aromatic carbocycles. The quantitative estimate of drug-likeness (QED) is 0.575. The summed E-state index contributed by atoms with van der Waals surface area (Å²) in [5, 5.41) is 22.7. The second-order valence-electron chi connectivity index (χ2n) is 4.49. The van der Waals surface area contributed by atoms with Crippen molar-refractivity contribution < 1.29 is 14.8 Å². The third-order valence-corrected chi connectivity index (χ3v) is 3.11. The topological polar surface area (TPSA) is 72.6 Å². The highest BCUT2D eigenvalue weighted by atomic mass is 16.6. The number of nitro benzene ring substituents is 1. The maximum Gasteiger partial charge on any atom is 0.311 e. The highest BCUT2D eigenvalue weighted by molar-refractivity contribution is 5.86. The summed E-state index contributed by atoms with van der Waals surface area (Å²) in [6, 6.07) is 16.7. The fraction of sp³-hybridized carbons (Fsp3) is 0. The van der Waals surface area contributed by atoms with Gasteiger partial charge in [0, 0.05) is 6.07 Å². The molecule has 0 saturated heterocycles. The highest BCUT2D eigenvalue weighted by Crippen LogP contribution is 2.37. The Morgan fingerprint density at radius 3 is 2.24 bits per heavy atom. The van der Waals surface area contributed by atoms with Crippen LogP contribution in [0.5, 0.6) is 17.2 Å². The maximum absolute atomic E-state index is 11.0. The van der Waals surface area contributed by atoms with Crippen molar-refractivity contribution in [2.45, 2.75) is 0 Å². The summed E-state index contributed by atoms with van der Waals surface area (Å²) >= 11 is 0. The Morgan fingerprint density at radius 1 is 0.905 bits per heavy atom. The minimum Gasteiger partial charge on any atom is -0.504 e. The van der Waals surface area contributed by atoms with Gasteiger partial charge in [0.15, 0.2) is 11.5 Å². The van der Waals surface area contributed by atoms with E-state index in [1.54, 1.807) is 24.3 Å². The van der Waals surface area contributed by atoms with Crippen molar-refractivity contribution in [2.75, 3.05) is 0 Å². The van der Waals surface area contributed by atoms with E-state index in [1.165, 1.54) is 12.1 Å². The molecule has 0 spiro atoms. The van der Waals surface area contributed by atoms with Crippen molar-refractivity contribution in [1.29, 1.82) is 0 Å². The molecule has 0 aliphatic heterocycles. The Kier molecular flexibility index (Phi) is 3.16. The summed E-state index contributed by atoms with van der Waals surface area (Å²) in [6.07, 6.45) is 0. The first-order valence-electron chi connectivity index (χ1n) is 6.28. The van der Waals surface area contributed by atoms with Crippen molar-refractivity contribution in [2.24, 2.45) is 0 Å². The lowest BCUT2D eigenvalue weighted by molar-refractivity contribution is -0.385. The Labute approximate surface area is 120 Å². The van der Waals surface area contributed by atoms with Gasteiger partial charge in [-0.1, -0.05) is 36.4 Å². The van der Waals surface area contributed by atoms with Gasteiger partial charge in [-0.15, -0.1) is 0 Å². The molecule has 0 bridgehead atoms. The third-order valence-electron chi connectivity index (χ3n) is 3.11. The van der Waals surface area contributed by atoms with Crippen molar-refractivity contribution in [3.63, 3.8) is 0 Å². The molecule has 104 valence electrons. The number of para-hydroxylation sites is 2. The first-order chi connectivity index (χ1) is 10.1. The molecule has 0 aromatic heterocycles. The minimum absolute atomic E-state index is 0.0631. The molecule has 0 fully saturated rings. The van der Waals surface area contributed by atoms with Crippen molar-refractivity contribution in [3.8, 4) is 17.2 Å². The minimum atomic E-state index is -0.520. The SMILES string of the molecule is O=[N+]([O-])c1ccccc1Oc1cc2ccccc2cc1O. The lowest BCUT2D eigenvalue weighted by atomic mass is 10.1. The summed E-state index contributed by atoms with van der Waals surface area (Å²) < 4.78 is 5.52. The number of hydrogen-bond donors (Lipinski definition) is 1. The van der Waals surface area contributed by atoms with Gasteiger partial charge in [-0.25, -0.2) is 0 Å². The maximum atomic E-state index is 11.0. The zero-order chi connectivity index (χ0) is 14.8. The van der Waals surface area contributed by atoms with Crippen LogP contribution < -0.4 is 4.74 Å². The van der Waals surface area contributed by atoms with Gasteiger partial charge in [-0.3, -0.25) is 10.1 Å². The molecule has 0 amide bonds. The number of hydrogen-bond acceptors (Lipinski definition) is 4. The largest absolute Gasteiger partial charge is 0.504 e. The van der Waals surface area contributed by atoms with Gasteiger partial charge in [0.2, 0.25) is 5.75 Å². The van der Waals surface area contributed by atoms with Gasteiger partial charge in [0.1, 0.15) is 0 Å². The molecule has 0 saturated carbocycles. The lowest BCUT2D eigenvalue weighted by Gasteiger charge is -2.09. The molecule has 0 unspecified atom stereocenters. The molecule has 0 aliphatic rings. The zero-order valence-corrected chi connectivity index (χ0v) is 10.9. The number of rotatable bonds is 3.